The highest BCUT2D eigenvalue weighted by molar-refractivity contribution is 5.80. The van der Waals surface area contributed by atoms with Crippen LogP contribution in [0.25, 0.3) is 27.9 Å². The summed E-state index contributed by atoms with van der Waals surface area (Å²) in [5, 5.41) is 13.8. The Morgan fingerprint density at radius 3 is 2.62 bits per heavy atom. The summed E-state index contributed by atoms with van der Waals surface area (Å²) in [5.41, 5.74) is 2.07. The lowest BCUT2D eigenvalue weighted by molar-refractivity contribution is -0.137. The summed E-state index contributed by atoms with van der Waals surface area (Å²) in [6.07, 6.45) is -0.360. The van der Waals surface area contributed by atoms with E-state index in [4.69, 9.17) is 9.15 Å². The average Bonchev–Trinajstić information content (AvgIpc) is 3.31. The molecule has 0 unspecified atom stereocenters. The molecule has 0 aliphatic heterocycles. The van der Waals surface area contributed by atoms with Gasteiger partial charge in [-0.05, 0) is 54.1 Å². The van der Waals surface area contributed by atoms with Gasteiger partial charge in [0, 0.05) is 24.2 Å². The lowest BCUT2D eigenvalue weighted by atomic mass is 10.1. The van der Waals surface area contributed by atoms with E-state index in [1.807, 2.05) is 28.8 Å². The van der Waals surface area contributed by atoms with Crippen molar-refractivity contribution >= 4 is 16.5 Å². The Hall–Kier alpha value is -4.27. The van der Waals surface area contributed by atoms with Gasteiger partial charge in [-0.2, -0.15) is 13.2 Å². The van der Waals surface area contributed by atoms with Gasteiger partial charge in [0.05, 0.1) is 23.9 Å². The minimum absolute atomic E-state index is 0.263. The maximum Gasteiger partial charge on any atom is 0.416 e. The van der Waals surface area contributed by atoms with Gasteiger partial charge in [-0.3, -0.25) is 0 Å². The fourth-order valence-corrected chi connectivity index (χ4v) is 3.66. The fourth-order valence-electron chi connectivity index (χ4n) is 3.66. The third-order valence-corrected chi connectivity index (χ3v) is 5.43. The Morgan fingerprint density at radius 1 is 1.03 bits per heavy atom. The van der Waals surface area contributed by atoms with E-state index in [9.17, 15) is 18.4 Å². The summed E-state index contributed by atoms with van der Waals surface area (Å²) in [6.45, 7) is 0.263. The van der Waals surface area contributed by atoms with Crippen LogP contribution in [0.5, 0.6) is 5.75 Å². The summed E-state index contributed by atoms with van der Waals surface area (Å²) >= 11 is 0. The number of hydrogen-bond donors (Lipinski definition) is 1. The first-order valence-electron chi connectivity index (χ1n) is 10.4. The standard InChI is InChI=1S/C25H18F3N3O3/c26-25(27,28)17-5-3-16(4-6-17)9-11-33-19-7-8-23-20(13-19)21(30-32)14-24(34-23)22-12-18-2-1-10-31(18)15-29-22/h1-8,10,12-15,32H,9,11H2/b30-21-. The molecule has 0 aliphatic rings. The molecule has 1 N–H and O–H groups in total. The van der Waals surface area contributed by atoms with E-state index >= 15 is 0 Å². The molecule has 3 heterocycles. The van der Waals surface area contributed by atoms with Crippen molar-refractivity contribution in [2.24, 2.45) is 5.16 Å². The zero-order chi connectivity index (χ0) is 23.7. The second kappa shape index (κ2) is 8.58. The molecule has 5 aromatic rings. The van der Waals surface area contributed by atoms with Crippen molar-refractivity contribution in [3.8, 4) is 17.2 Å². The minimum atomic E-state index is -4.36. The van der Waals surface area contributed by atoms with Gasteiger partial charge in [0.15, 0.2) is 5.76 Å². The molecule has 3 aromatic heterocycles. The molecule has 0 fully saturated rings. The molecule has 0 saturated carbocycles. The molecular weight excluding hydrogens is 447 g/mol. The monoisotopic (exact) mass is 465 g/mol. The minimum Gasteiger partial charge on any atom is -0.493 e. The molecule has 0 radical (unpaired) electrons. The van der Waals surface area contributed by atoms with Crippen LogP contribution in [0.4, 0.5) is 13.2 Å². The van der Waals surface area contributed by atoms with Crippen LogP contribution in [-0.4, -0.2) is 21.2 Å². The number of benzene rings is 2. The van der Waals surface area contributed by atoms with E-state index in [1.54, 1.807) is 30.6 Å². The maximum absolute atomic E-state index is 12.7. The molecule has 0 amide bonds. The summed E-state index contributed by atoms with van der Waals surface area (Å²) < 4.78 is 51.7. The second-order valence-electron chi connectivity index (χ2n) is 7.66. The fraction of sp³-hybridized carbons (Fsp3) is 0.120. The van der Waals surface area contributed by atoms with Crippen molar-refractivity contribution in [1.29, 1.82) is 0 Å². The summed E-state index contributed by atoms with van der Waals surface area (Å²) in [4.78, 5) is 4.40. The lowest BCUT2D eigenvalue weighted by Crippen LogP contribution is -2.07. The highest BCUT2D eigenvalue weighted by atomic mass is 19.4. The largest absolute Gasteiger partial charge is 0.493 e. The number of ether oxygens (including phenoxy) is 1. The predicted octanol–water partition coefficient (Wildman–Crippen LogP) is 5.68. The van der Waals surface area contributed by atoms with Crippen molar-refractivity contribution in [2.75, 3.05) is 6.61 Å². The number of aromatic nitrogens is 2. The Labute approximate surface area is 191 Å². The number of nitrogens with zero attached hydrogens (tertiary/aromatic N) is 3. The van der Waals surface area contributed by atoms with Crippen molar-refractivity contribution < 1.29 is 27.5 Å². The van der Waals surface area contributed by atoms with Gasteiger partial charge >= 0.3 is 6.18 Å². The summed E-state index contributed by atoms with van der Waals surface area (Å²) in [5.74, 6) is 0.958. The van der Waals surface area contributed by atoms with Crippen LogP contribution in [-0.2, 0) is 12.6 Å². The first-order valence-corrected chi connectivity index (χ1v) is 10.4. The topological polar surface area (TPSA) is 72.3 Å². The molecule has 34 heavy (non-hydrogen) atoms. The first-order chi connectivity index (χ1) is 16.4. The van der Waals surface area contributed by atoms with E-state index < -0.39 is 11.7 Å². The Balaban J connectivity index is 1.35. The number of rotatable bonds is 5. The van der Waals surface area contributed by atoms with Crippen molar-refractivity contribution in [3.05, 3.63) is 95.7 Å². The number of hydrogen-bond acceptors (Lipinski definition) is 5. The summed E-state index contributed by atoms with van der Waals surface area (Å²) in [7, 11) is 0. The Kier molecular flexibility index (Phi) is 5.45. The van der Waals surface area contributed by atoms with Gasteiger partial charge in [-0.15, -0.1) is 0 Å². The predicted molar refractivity (Wildman–Crippen MR) is 118 cm³/mol. The van der Waals surface area contributed by atoms with Crippen LogP contribution in [0.3, 0.4) is 0 Å². The lowest BCUT2D eigenvalue weighted by Gasteiger charge is -2.10. The molecule has 0 saturated heterocycles. The van der Waals surface area contributed by atoms with Gasteiger partial charge in [-0.1, -0.05) is 17.3 Å². The van der Waals surface area contributed by atoms with Crippen LogP contribution >= 0.6 is 0 Å². The summed E-state index contributed by atoms with van der Waals surface area (Å²) in [6, 6.07) is 17.4. The maximum atomic E-state index is 12.7. The molecule has 0 bridgehead atoms. The van der Waals surface area contributed by atoms with Gasteiger partial charge in [0.1, 0.15) is 22.4 Å². The molecule has 0 aliphatic carbocycles. The molecule has 6 nitrogen and oxygen atoms in total. The SMILES string of the molecule is O/N=c1/cc(-c2cc3cccn3cn2)oc2ccc(OCCc3ccc(C(F)(F)F)cc3)cc12. The van der Waals surface area contributed by atoms with E-state index in [0.29, 0.717) is 40.0 Å². The van der Waals surface area contributed by atoms with E-state index in [2.05, 4.69) is 10.1 Å². The van der Waals surface area contributed by atoms with Crippen LogP contribution < -0.4 is 10.1 Å². The first kappa shape index (κ1) is 21.6. The molecule has 5 rings (SSSR count). The second-order valence-corrected chi connectivity index (χ2v) is 7.66. The number of alkyl halides is 3. The van der Waals surface area contributed by atoms with E-state index in [1.165, 1.54) is 12.1 Å². The smallest absolute Gasteiger partial charge is 0.416 e. The average molecular weight is 465 g/mol. The number of fused-ring (bicyclic) bond motifs is 2. The van der Waals surface area contributed by atoms with E-state index in [-0.39, 0.29) is 6.61 Å². The van der Waals surface area contributed by atoms with Crippen LogP contribution in [0.15, 0.2) is 88.8 Å². The van der Waals surface area contributed by atoms with Gasteiger partial charge in [0.25, 0.3) is 0 Å². The van der Waals surface area contributed by atoms with E-state index in [0.717, 1.165) is 23.2 Å². The normalized spacial score (nSPS) is 12.5. The van der Waals surface area contributed by atoms with Crippen LogP contribution in [0.2, 0.25) is 0 Å². The highest BCUT2D eigenvalue weighted by Crippen LogP contribution is 2.29. The van der Waals surface area contributed by atoms with Gasteiger partial charge in [-0.25, -0.2) is 4.98 Å². The zero-order valence-electron chi connectivity index (χ0n) is 17.7. The molecule has 0 atom stereocenters. The third kappa shape index (κ3) is 4.32. The Morgan fingerprint density at radius 2 is 1.85 bits per heavy atom. The molecule has 9 heteroatoms. The van der Waals surface area contributed by atoms with Crippen molar-refractivity contribution in [3.63, 3.8) is 0 Å². The number of halogens is 3. The Bertz CT molecular complexity index is 1540. The van der Waals surface area contributed by atoms with Crippen molar-refractivity contribution in [1.82, 2.24) is 9.38 Å². The third-order valence-electron chi connectivity index (χ3n) is 5.43. The zero-order valence-corrected chi connectivity index (χ0v) is 17.7. The van der Waals surface area contributed by atoms with Crippen LogP contribution in [0, 0.1) is 0 Å². The molecule has 172 valence electrons. The highest BCUT2D eigenvalue weighted by Gasteiger charge is 2.29. The molecular formula is C25H18F3N3O3. The quantitative estimate of drug-likeness (QED) is 0.268. The van der Waals surface area contributed by atoms with Crippen molar-refractivity contribution in [2.45, 2.75) is 12.6 Å². The van der Waals surface area contributed by atoms with Gasteiger partial charge in [0.2, 0.25) is 0 Å². The molecule has 0 spiro atoms. The van der Waals surface area contributed by atoms with Crippen LogP contribution in [0.1, 0.15) is 11.1 Å². The van der Waals surface area contributed by atoms with Gasteiger partial charge < -0.3 is 18.8 Å². The molecule has 2 aromatic carbocycles.